The molecule has 19 heavy (non-hydrogen) atoms. The fourth-order valence-electron chi connectivity index (χ4n) is 1.99. The van der Waals surface area contributed by atoms with E-state index < -0.39 is 0 Å². The van der Waals surface area contributed by atoms with E-state index in [0.717, 1.165) is 34.5 Å². The van der Waals surface area contributed by atoms with Crippen molar-refractivity contribution in [1.82, 2.24) is 5.32 Å². The third-order valence-corrected chi connectivity index (χ3v) is 3.52. The van der Waals surface area contributed by atoms with Crippen LogP contribution in [0.1, 0.15) is 25.8 Å². The molecule has 0 aliphatic carbocycles. The van der Waals surface area contributed by atoms with Crippen molar-refractivity contribution in [2.24, 2.45) is 0 Å². The first kappa shape index (κ1) is 14.4. The number of hydrogen-bond acceptors (Lipinski definition) is 3. The molecule has 3 nitrogen and oxygen atoms in total. The Morgan fingerprint density at radius 3 is 2.95 bits per heavy atom. The van der Waals surface area contributed by atoms with E-state index in [4.69, 9.17) is 9.47 Å². The van der Waals surface area contributed by atoms with Crippen molar-refractivity contribution >= 4 is 22.0 Å². The summed E-state index contributed by atoms with van der Waals surface area (Å²) in [6.07, 6.45) is 5.17. The molecule has 1 N–H and O–H groups in total. The second-order valence-electron chi connectivity index (χ2n) is 4.59. The molecule has 2 rings (SSSR count). The second-order valence-corrected chi connectivity index (χ2v) is 5.44. The number of benzene rings is 1. The summed E-state index contributed by atoms with van der Waals surface area (Å²) >= 11 is 3.55. The van der Waals surface area contributed by atoms with Crippen LogP contribution in [0.5, 0.6) is 11.5 Å². The molecule has 4 heteroatoms. The van der Waals surface area contributed by atoms with Gasteiger partial charge in [0.05, 0.1) is 17.7 Å². The van der Waals surface area contributed by atoms with Crippen LogP contribution in [0.3, 0.4) is 0 Å². The summed E-state index contributed by atoms with van der Waals surface area (Å²) in [5, 5.41) is 3.35. The molecule has 0 amide bonds. The number of halogens is 1. The average Bonchev–Trinajstić information content (AvgIpc) is 2.62. The van der Waals surface area contributed by atoms with Gasteiger partial charge >= 0.3 is 0 Å². The lowest BCUT2D eigenvalue weighted by molar-refractivity contribution is 0.296. The summed E-state index contributed by atoms with van der Waals surface area (Å²) in [4.78, 5) is 0. The number of hydrogen-bond donors (Lipinski definition) is 1. The molecular weight excluding hydrogens is 306 g/mol. The lowest BCUT2D eigenvalue weighted by Crippen LogP contribution is -2.22. The van der Waals surface area contributed by atoms with Crippen molar-refractivity contribution in [3.8, 4) is 11.5 Å². The number of nitrogens with one attached hydrogen (secondary N) is 1. The highest BCUT2D eigenvalue weighted by atomic mass is 79.9. The van der Waals surface area contributed by atoms with E-state index in [9.17, 15) is 0 Å². The number of ether oxygens (including phenoxy) is 2. The van der Waals surface area contributed by atoms with Crippen LogP contribution in [-0.4, -0.2) is 25.8 Å². The maximum Gasteiger partial charge on any atom is 0.175 e. The normalized spacial score (nSPS) is 16.4. The Hall–Kier alpha value is -1.00. The SMILES string of the molecule is CCNC(C)/C=C/c1cc(Br)c2c(c1)OCCCO2. The van der Waals surface area contributed by atoms with Gasteiger partial charge in [-0.3, -0.25) is 0 Å². The molecular formula is C15H20BrNO2. The van der Waals surface area contributed by atoms with Crippen LogP contribution in [0, 0.1) is 0 Å². The topological polar surface area (TPSA) is 30.5 Å². The van der Waals surface area contributed by atoms with Crippen LogP contribution < -0.4 is 14.8 Å². The fourth-order valence-corrected chi connectivity index (χ4v) is 2.57. The summed E-state index contributed by atoms with van der Waals surface area (Å²) < 4.78 is 12.4. The minimum Gasteiger partial charge on any atom is -0.489 e. The highest BCUT2D eigenvalue weighted by molar-refractivity contribution is 9.10. The molecule has 1 aromatic carbocycles. The minimum absolute atomic E-state index is 0.361. The number of likely N-dealkylation sites (N-methyl/N-ethyl adjacent to an activating group) is 1. The Kier molecular flexibility index (Phi) is 5.28. The smallest absolute Gasteiger partial charge is 0.175 e. The Morgan fingerprint density at radius 2 is 2.16 bits per heavy atom. The van der Waals surface area contributed by atoms with E-state index >= 15 is 0 Å². The molecule has 0 spiro atoms. The summed E-state index contributed by atoms with van der Waals surface area (Å²) in [5.41, 5.74) is 1.11. The Labute approximate surface area is 123 Å². The number of fused-ring (bicyclic) bond motifs is 1. The molecule has 0 bridgehead atoms. The van der Waals surface area contributed by atoms with Crippen molar-refractivity contribution in [3.05, 3.63) is 28.2 Å². The van der Waals surface area contributed by atoms with Gasteiger partial charge in [0.25, 0.3) is 0 Å². The third kappa shape index (κ3) is 3.98. The van der Waals surface area contributed by atoms with Gasteiger partial charge in [-0.2, -0.15) is 0 Å². The Morgan fingerprint density at radius 1 is 1.37 bits per heavy atom. The summed E-state index contributed by atoms with van der Waals surface area (Å²) in [6, 6.07) is 4.45. The average molecular weight is 326 g/mol. The molecule has 0 aromatic heterocycles. The lowest BCUT2D eigenvalue weighted by Gasteiger charge is -2.11. The predicted molar refractivity (Wildman–Crippen MR) is 81.9 cm³/mol. The molecule has 0 saturated heterocycles. The summed E-state index contributed by atoms with van der Waals surface area (Å²) in [5.74, 6) is 1.64. The Balaban J connectivity index is 2.19. The lowest BCUT2D eigenvalue weighted by atomic mass is 10.1. The molecule has 1 aliphatic heterocycles. The minimum atomic E-state index is 0.361. The standard InChI is InChI=1S/C15H20BrNO2/c1-3-17-11(2)5-6-12-9-13(16)15-14(10-12)18-7-4-8-19-15/h5-6,9-11,17H,3-4,7-8H2,1-2H3/b6-5+. The maximum absolute atomic E-state index is 5.72. The maximum atomic E-state index is 5.72. The zero-order valence-corrected chi connectivity index (χ0v) is 13.0. The van der Waals surface area contributed by atoms with Gasteiger partial charge in [-0.1, -0.05) is 19.1 Å². The van der Waals surface area contributed by atoms with Crippen LogP contribution in [0.15, 0.2) is 22.7 Å². The quantitative estimate of drug-likeness (QED) is 0.917. The predicted octanol–water partition coefficient (Wildman–Crippen LogP) is 3.62. The van der Waals surface area contributed by atoms with Gasteiger partial charge in [-0.05, 0) is 47.1 Å². The van der Waals surface area contributed by atoms with Crippen molar-refractivity contribution in [3.63, 3.8) is 0 Å². The first-order valence-corrected chi connectivity index (χ1v) is 7.50. The van der Waals surface area contributed by atoms with Crippen molar-refractivity contribution in [2.45, 2.75) is 26.3 Å². The zero-order chi connectivity index (χ0) is 13.7. The van der Waals surface area contributed by atoms with Gasteiger partial charge < -0.3 is 14.8 Å². The molecule has 1 aromatic rings. The fraction of sp³-hybridized carbons (Fsp3) is 0.467. The third-order valence-electron chi connectivity index (χ3n) is 2.93. The van der Waals surface area contributed by atoms with Crippen LogP contribution in [-0.2, 0) is 0 Å². The highest BCUT2D eigenvalue weighted by Gasteiger charge is 2.14. The summed E-state index contributed by atoms with van der Waals surface area (Å²) in [6.45, 7) is 6.63. The zero-order valence-electron chi connectivity index (χ0n) is 11.4. The van der Waals surface area contributed by atoms with Crippen LogP contribution in [0.25, 0.3) is 6.08 Å². The molecule has 1 atom stereocenters. The second kappa shape index (κ2) is 6.96. The molecule has 104 valence electrons. The van der Waals surface area contributed by atoms with Crippen molar-refractivity contribution in [1.29, 1.82) is 0 Å². The number of rotatable bonds is 4. The van der Waals surface area contributed by atoms with E-state index in [1.807, 2.05) is 6.07 Å². The first-order chi connectivity index (χ1) is 9.20. The van der Waals surface area contributed by atoms with E-state index in [0.29, 0.717) is 19.3 Å². The van der Waals surface area contributed by atoms with E-state index in [1.165, 1.54) is 0 Å². The van der Waals surface area contributed by atoms with Crippen LogP contribution in [0.4, 0.5) is 0 Å². The van der Waals surface area contributed by atoms with E-state index in [-0.39, 0.29) is 0 Å². The van der Waals surface area contributed by atoms with E-state index in [1.54, 1.807) is 0 Å². The van der Waals surface area contributed by atoms with Gasteiger partial charge in [0.1, 0.15) is 0 Å². The van der Waals surface area contributed by atoms with Gasteiger partial charge in [-0.25, -0.2) is 0 Å². The van der Waals surface area contributed by atoms with Crippen molar-refractivity contribution < 1.29 is 9.47 Å². The first-order valence-electron chi connectivity index (χ1n) is 6.71. The molecule has 0 fully saturated rings. The van der Waals surface area contributed by atoms with Crippen LogP contribution in [0.2, 0.25) is 0 Å². The highest BCUT2D eigenvalue weighted by Crippen LogP contribution is 2.38. The van der Waals surface area contributed by atoms with Gasteiger partial charge in [0.15, 0.2) is 11.5 Å². The summed E-state index contributed by atoms with van der Waals surface area (Å²) in [7, 11) is 0. The van der Waals surface area contributed by atoms with Crippen molar-refractivity contribution in [2.75, 3.05) is 19.8 Å². The molecule has 0 radical (unpaired) electrons. The van der Waals surface area contributed by atoms with Gasteiger partial charge in [0, 0.05) is 12.5 Å². The molecule has 0 saturated carbocycles. The Bertz CT molecular complexity index is 460. The van der Waals surface area contributed by atoms with Crippen LogP contribution >= 0.6 is 15.9 Å². The molecule has 1 unspecified atom stereocenters. The van der Waals surface area contributed by atoms with Gasteiger partial charge in [-0.15, -0.1) is 0 Å². The van der Waals surface area contributed by atoms with E-state index in [2.05, 4.69) is 53.3 Å². The molecule has 1 heterocycles. The largest absolute Gasteiger partial charge is 0.489 e. The monoisotopic (exact) mass is 325 g/mol. The van der Waals surface area contributed by atoms with Gasteiger partial charge in [0.2, 0.25) is 0 Å². The molecule has 1 aliphatic rings.